The minimum atomic E-state index is -0.652. The maximum absolute atomic E-state index is 15.6. The van der Waals surface area contributed by atoms with E-state index in [2.05, 4.69) is 25.9 Å². The summed E-state index contributed by atoms with van der Waals surface area (Å²) >= 11 is 0. The molecular formula is C30H35FN4O3. The zero-order valence-corrected chi connectivity index (χ0v) is 22.5. The highest BCUT2D eigenvalue weighted by Crippen LogP contribution is 2.36. The van der Waals surface area contributed by atoms with Crippen molar-refractivity contribution < 1.29 is 9.13 Å². The number of benzene rings is 2. The Kier molecular flexibility index (Phi) is 7.34. The monoisotopic (exact) mass is 518 g/mol. The molecule has 2 aromatic carbocycles. The van der Waals surface area contributed by atoms with Gasteiger partial charge in [0.15, 0.2) is 5.82 Å². The molecule has 2 atom stereocenters. The highest BCUT2D eigenvalue weighted by molar-refractivity contribution is 5.87. The fourth-order valence-corrected chi connectivity index (χ4v) is 5.66. The second kappa shape index (κ2) is 10.7. The van der Waals surface area contributed by atoms with Crippen LogP contribution < -0.4 is 11.2 Å². The van der Waals surface area contributed by atoms with Gasteiger partial charge in [0.2, 0.25) is 0 Å². The molecule has 0 spiro atoms. The molecule has 5 rings (SSSR count). The van der Waals surface area contributed by atoms with Crippen molar-refractivity contribution in [3.8, 4) is 5.69 Å². The van der Waals surface area contributed by atoms with E-state index in [1.165, 1.54) is 10.6 Å². The van der Waals surface area contributed by atoms with Crippen molar-refractivity contribution in [1.29, 1.82) is 0 Å². The molecule has 0 bridgehead atoms. The summed E-state index contributed by atoms with van der Waals surface area (Å²) in [6, 6.07) is 12.7. The van der Waals surface area contributed by atoms with Gasteiger partial charge in [-0.15, -0.1) is 5.10 Å². The van der Waals surface area contributed by atoms with E-state index in [1.54, 1.807) is 6.07 Å². The molecule has 8 heteroatoms. The molecule has 0 amide bonds. The van der Waals surface area contributed by atoms with Crippen molar-refractivity contribution in [1.82, 2.24) is 18.9 Å². The molecule has 1 fully saturated rings. The Hall–Kier alpha value is -3.52. The van der Waals surface area contributed by atoms with Crippen LogP contribution in [0.5, 0.6) is 0 Å². The summed E-state index contributed by atoms with van der Waals surface area (Å²) in [5.41, 5.74) is 1.37. The minimum absolute atomic E-state index is 0.0345. The second-order valence-corrected chi connectivity index (χ2v) is 10.6. The van der Waals surface area contributed by atoms with E-state index < -0.39 is 11.5 Å². The Balaban J connectivity index is 1.57. The van der Waals surface area contributed by atoms with Crippen LogP contribution in [0.3, 0.4) is 0 Å². The van der Waals surface area contributed by atoms with Crippen LogP contribution in [-0.4, -0.2) is 18.9 Å². The number of halogens is 1. The minimum Gasteiger partial charge on any atom is -0.369 e. The van der Waals surface area contributed by atoms with Gasteiger partial charge in [-0.05, 0) is 60.2 Å². The number of hydrogen-bond acceptors (Lipinski definition) is 4. The number of ether oxygens (including phenoxy) is 1. The molecule has 4 aromatic rings. The van der Waals surface area contributed by atoms with E-state index in [1.807, 2.05) is 48.0 Å². The summed E-state index contributed by atoms with van der Waals surface area (Å²) in [6.45, 7) is 9.00. The van der Waals surface area contributed by atoms with E-state index in [0.717, 1.165) is 35.1 Å². The van der Waals surface area contributed by atoms with Crippen LogP contribution in [-0.2, 0) is 24.5 Å². The van der Waals surface area contributed by atoms with Crippen LogP contribution in [0.1, 0.15) is 75.9 Å². The molecule has 2 aromatic heterocycles. The molecule has 0 N–H and O–H groups in total. The molecule has 1 saturated carbocycles. The van der Waals surface area contributed by atoms with Gasteiger partial charge in [-0.2, -0.15) is 4.68 Å². The fraction of sp³-hybridized carbons (Fsp3) is 0.433. The average molecular weight is 519 g/mol. The Morgan fingerprint density at radius 3 is 2.50 bits per heavy atom. The van der Waals surface area contributed by atoms with E-state index in [4.69, 9.17) is 4.74 Å². The van der Waals surface area contributed by atoms with Gasteiger partial charge in [-0.3, -0.25) is 9.36 Å². The second-order valence-electron chi connectivity index (χ2n) is 10.6. The largest absolute Gasteiger partial charge is 0.369 e. The van der Waals surface area contributed by atoms with Crippen molar-refractivity contribution in [3.63, 3.8) is 0 Å². The summed E-state index contributed by atoms with van der Waals surface area (Å²) in [6.07, 6.45) is 5.06. The summed E-state index contributed by atoms with van der Waals surface area (Å²) < 4.78 is 25.8. The third-order valence-electron chi connectivity index (χ3n) is 7.76. The van der Waals surface area contributed by atoms with Gasteiger partial charge in [-0.25, -0.2) is 9.18 Å². The van der Waals surface area contributed by atoms with Crippen LogP contribution in [0.25, 0.3) is 16.5 Å². The Morgan fingerprint density at radius 2 is 1.84 bits per heavy atom. The van der Waals surface area contributed by atoms with E-state index in [-0.39, 0.29) is 29.8 Å². The lowest BCUT2D eigenvalue weighted by Crippen LogP contribution is -2.28. The van der Waals surface area contributed by atoms with Crippen molar-refractivity contribution in [2.45, 2.75) is 78.7 Å². The van der Waals surface area contributed by atoms with E-state index >= 15 is 4.39 Å². The first-order valence-corrected chi connectivity index (χ1v) is 13.5. The first kappa shape index (κ1) is 26.1. The van der Waals surface area contributed by atoms with E-state index in [9.17, 15) is 9.59 Å². The van der Waals surface area contributed by atoms with Crippen molar-refractivity contribution in [3.05, 3.63) is 92.3 Å². The summed E-state index contributed by atoms with van der Waals surface area (Å²) in [5, 5.41) is 5.45. The smallest absolute Gasteiger partial charge is 0.350 e. The molecular weight excluding hydrogens is 483 g/mol. The molecule has 0 saturated heterocycles. The quantitative estimate of drug-likeness (QED) is 0.300. The normalized spacial score (nSPS) is 17.6. The maximum Gasteiger partial charge on any atom is 0.350 e. The molecule has 1 aliphatic rings. The number of aromatic nitrogens is 4. The lowest BCUT2D eigenvalue weighted by atomic mass is 9.96. The first-order chi connectivity index (χ1) is 18.3. The molecule has 7 nitrogen and oxygen atoms in total. The van der Waals surface area contributed by atoms with Crippen molar-refractivity contribution in [2.24, 2.45) is 5.92 Å². The molecule has 0 aliphatic heterocycles. The standard InChI is InChI=1S/C30H35FN4O3/c1-5-33-28(18-38-17-21-11-7-6-8-12-21)32-35(30(33)37)27-15-22-23(14-25(27)31)29(36)34(16-24(22)19(2)3)26-13-9-10-20(26)4/h6-8,11-12,14-16,19-20,26H,5,9-10,13,17-18H2,1-4H3. The molecule has 2 heterocycles. The molecule has 2 unspecified atom stereocenters. The number of fused-ring (bicyclic) bond motifs is 1. The van der Waals surface area contributed by atoms with Crippen LogP contribution in [0.15, 0.2) is 58.3 Å². The van der Waals surface area contributed by atoms with Gasteiger partial charge in [0.05, 0.1) is 12.0 Å². The van der Waals surface area contributed by atoms with Gasteiger partial charge in [-0.1, -0.05) is 57.5 Å². The molecule has 0 radical (unpaired) electrons. The molecule has 1 aliphatic carbocycles. The van der Waals surface area contributed by atoms with Gasteiger partial charge < -0.3 is 9.30 Å². The highest BCUT2D eigenvalue weighted by Gasteiger charge is 2.28. The first-order valence-electron chi connectivity index (χ1n) is 13.5. The van der Waals surface area contributed by atoms with Gasteiger partial charge in [0.1, 0.15) is 18.1 Å². The predicted molar refractivity (Wildman–Crippen MR) is 146 cm³/mol. The van der Waals surface area contributed by atoms with Crippen LogP contribution in [0, 0.1) is 11.7 Å². The SMILES string of the molecule is CCn1c(COCc2ccccc2)nn(-c2cc3c(C(C)C)cn(C4CCCC4C)c(=O)c3cc2F)c1=O. The fourth-order valence-electron chi connectivity index (χ4n) is 5.66. The number of hydrogen-bond donors (Lipinski definition) is 0. The van der Waals surface area contributed by atoms with Gasteiger partial charge in [0.25, 0.3) is 5.56 Å². The van der Waals surface area contributed by atoms with Gasteiger partial charge in [0, 0.05) is 18.8 Å². The Bertz CT molecular complexity index is 1570. The molecule has 200 valence electrons. The zero-order chi connectivity index (χ0) is 27.0. The Labute approximate surface area is 221 Å². The highest BCUT2D eigenvalue weighted by atomic mass is 19.1. The number of rotatable bonds is 8. The lowest BCUT2D eigenvalue weighted by molar-refractivity contribution is 0.0989. The summed E-state index contributed by atoms with van der Waals surface area (Å²) in [7, 11) is 0. The molecule has 38 heavy (non-hydrogen) atoms. The van der Waals surface area contributed by atoms with Crippen LogP contribution in [0.4, 0.5) is 4.39 Å². The third-order valence-corrected chi connectivity index (χ3v) is 7.76. The number of nitrogens with zero attached hydrogens (tertiary/aromatic N) is 4. The third kappa shape index (κ3) is 4.73. The number of pyridine rings is 1. The summed E-state index contributed by atoms with van der Waals surface area (Å²) in [4.78, 5) is 26.8. The van der Waals surface area contributed by atoms with Crippen molar-refractivity contribution >= 4 is 10.8 Å². The maximum atomic E-state index is 15.6. The van der Waals surface area contributed by atoms with Crippen LogP contribution >= 0.6 is 0 Å². The van der Waals surface area contributed by atoms with Crippen LogP contribution in [0.2, 0.25) is 0 Å². The van der Waals surface area contributed by atoms with E-state index in [0.29, 0.717) is 35.7 Å². The topological polar surface area (TPSA) is 71.0 Å². The Morgan fingerprint density at radius 1 is 1.08 bits per heavy atom. The average Bonchev–Trinajstić information content (AvgIpc) is 3.47. The van der Waals surface area contributed by atoms with Gasteiger partial charge >= 0.3 is 5.69 Å². The van der Waals surface area contributed by atoms with Crippen molar-refractivity contribution in [2.75, 3.05) is 0 Å². The zero-order valence-electron chi connectivity index (χ0n) is 22.5. The predicted octanol–water partition coefficient (Wildman–Crippen LogP) is 5.71. The summed E-state index contributed by atoms with van der Waals surface area (Å²) in [5.74, 6) is 0.267. The lowest BCUT2D eigenvalue weighted by Gasteiger charge is -2.22.